The highest BCUT2D eigenvalue weighted by atomic mass is 35.5. The van der Waals surface area contributed by atoms with Crippen molar-refractivity contribution in [1.29, 1.82) is 0 Å². The van der Waals surface area contributed by atoms with Gasteiger partial charge >= 0.3 is 5.17 Å². The molecular formula is C17H18ClN2S+. The van der Waals surface area contributed by atoms with E-state index < -0.39 is 0 Å². The zero-order chi connectivity index (χ0) is 14.5. The number of nitrogens with one attached hydrogen (secondary N) is 1. The van der Waals surface area contributed by atoms with Gasteiger partial charge in [-0.05, 0) is 35.0 Å². The number of benzene rings is 2. The molecule has 108 valence electrons. The molecule has 0 bridgehead atoms. The highest BCUT2D eigenvalue weighted by Crippen LogP contribution is 2.17. The second-order valence-electron chi connectivity index (χ2n) is 5.05. The maximum atomic E-state index is 5.92. The summed E-state index contributed by atoms with van der Waals surface area (Å²) in [5.41, 5.74) is 2.65. The summed E-state index contributed by atoms with van der Waals surface area (Å²) < 4.78 is 2.41. The minimum absolute atomic E-state index is 0.793. The van der Waals surface area contributed by atoms with Gasteiger partial charge < -0.3 is 0 Å². The summed E-state index contributed by atoms with van der Waals surface area (Å²) in [5, 5.41) is 5.55. The Morgan fingerprint density at radius 3 is 2.52 bits per heavy atom. The van der Waals surface area contributed by atoms with Gasteiger partial charge in [-0.25, -0.2) is 4.58 Å². The van der Waals surface area contributed by atoms with Gasteiger partial charge in [0.1, 0.15) is 19.6 Å². The maximum absolute atomic E-state index is 5.92. The Labute approximate surface area is 134 Å². The number of hydrogen-bond donors (Lipinski definition) is 1. The fourth-order valence-electron chi connectivity index (χ4n) is 2.34. The molecule has 0 amide bonds. The molecule has 2 nitrogen and oxygen atoms in total. The van der Waals surface area contributed by atoms with E-state index in [1.54, 1.807) is 0 Å². The molecule has 1 N–H and O–H groups in total. The minimum atomic E-state index is 0.793. The smallest absolute Gasteiger partial charge is 0.265 e. The third kappa shape index (κ3) is 4.02. The average molecular weight is 318 g/mol. The van der Waals surface area contributed by atoms with Crippen molar-refractivity contribution >= 4 is 28.5 Å². The molecule has 2 aromatic carbocycles. The highest BCUT2D eigenvalue weighted by Gasteiger charge is 2.21. The first-order valence-corrected chi connectivity index (χ1v) is 8.44. The molecule has 0 fully saturated rings. The molecule has 0 radical (unpaired) electrons. The molecule has 3 rings (SSSR count). The molecule has 0 unspecified atom stereocenters. The fraction of sp³-hybridized carbons (Fsp3) is 0.235. The van der Waals surface area contributed by atoms with E-state index in [-0.39, 0.29) is 0 Å². The summed E-state index contributed by atoms with van der Waals surface area (Å²) in [6.07, 6.45) is 0. The standard InChI is InChI=1S/C17H17ClN2S/c18-16-8-6-15(7-9-16)13-21-17-19-10-11-20(17)12-14-4-2-1-3-5-14/h1-9H,10-13H2/p+1. The lowest BCUT2D eigenvalue weighted by atomic mass is 10.2. The number of hydrogen-bond acceptors (Lipinski definition) is 2. The van der Waals surface area contributed by atoms with Gasteiger partial charge in [0.05, 0.1) is 0 Å². The predicted molar refractivity (Wildman–Crippen MR) is 91.0 cm³/mol. The maximum Gasteiger partial charge on any atom is 0.307 e. The third-order valence-electron chi connectivity index (χ3n) is 3.45. The van der Waals surface area contributed by atoms with Crippen molar-refractivity contribution in [3.8, 4) is 0 Å². The van der Waals surface area contributed by atoms with Crippen LogP contribution in [0.3, 0.4) is 0 Å². The molecule has 0 atom stereocenters. The molecular weight excluding hydrogens is 300 g/mol. The molecule has 0 saturated heterocycles. The quantitative estimate of drug-likeness (QED) is 0.864. The van der Waals surface area contributed by atoms with Crippen molar-refractivity contribution in [2.75, 3.05) is 13.1 Å². The number of thioether (sulfide) groups is 1. The molecule has 1 aliphatic rings. The van der Waals surface area contributed by atoms with Crippen molar-refractivity contribution in [3.63, 3.8) is 0 Å². The predicted octanol–water partition coefficient (Wildman–Crippen LogP) is 3.75. The number of rotatable bonds is 4. The first kappa shape index (κ1) is 14.5. The molecule has 1 aliphatic heterocycles. The monoisotopic (exact) mass is 317 g/mol. The van der Waals surface area contributed by atoms with Crippen molar-refractivity contribution in [3.05, 3.63) is 70.7 Å². The molecule has 2 aromatic rings. The van der Waals surface area contributed by atoms with Crippen LogP contribution in [0.2, 0.25) is 5.02 Å². The van der Waals surface area contributed by atoms with Crippen LogP contribution >= 0.6 is 23.4 Å². The lowest BCUT2D eigenvalue weighted by Crippen LogP contribution is -2.19. The van der Waals surface area contributed by atoms with Gasteiger partial charge in [-0.1, -0.05) is 54.1 Å². The Balaban J connectivity index is 1.65. The number of amidine groups is 1. The van der Waals surface area contributed by atoms with Gasteiger partial charge in [-0.3, -0.25) is 5.32 Å². The van der Waals surface area contributed by atoms with Gasteiger partial charge in [-0.15, -0.1) is 0 Å². The van der Waals surface area contributed by atoms with E-state index in [9.17, 15) is 0 Å². The van der Waals surface area contributed by atoms with Crippen molar-refractivity contribution in [2.45, 2.75) is 12.3 Å². The highest BCUT2D eigenvalue weighted by molar-refractivity contribution is 8.12. The van der Waals surface area contributed by atoms with Gasteiger partial charge in [0.2, 0.25) is 0 Å². The number of halogens is 1. The average Bonchev–Trinajstić information content (AvgIpc) is 2.95. The zero-order valence-corrected chi connectivity index (χ0v) is 13.3. The van der Waals surface area contributed by atoms with E-state index in [1.807, 2.05) is 23.9 Å². The molecule has 0 aliphatic carbocycles. The summed E-state index contributed by atoms with van der Waals surface area (Å²) in [7, 11) is 0. The van der Waals surface area contributed by atoms with E-state index in [2.05, 4.69) is 52.4 Å². The van der Waals surface area contributed by atoms with E-state index in [0.29, 0.717) is 0 Å². The van der Waals surface area contributed by atoms with Crippen LogP contribution in [0.4, 0.5) is 0 Å². The van der Waals surface area contributed by atoms with Gasteiger partial charge in [0.15, 0.2) is 0 Å². The third-order valence-corrected chi connectivity index (χ3v) is 4.86. The summed E-state index contributed by atoms with van der Waals surface area (Å²) in [4.78, 5) is 0. The zero-order valence-electron chi connectivity index (χ0n) is 11.8. The lowest BCUT2D eigenvalue weighted by Gasteiger charge is -2.04. The second kappa shape index (κ2) is 7.01. The summed E-state index contributed by atoms with van der Waals surface area (Å²) in [6, 6.07) is 18.7. The van der Waals surface area contributed by atoms with Crippen LogP contribution < -0.4 is 5.32 Å². The Bertz CT molecular complexity index is 623. The van der Waals surface area contributed by atoms with E-state index in [1.165, 1.54) is 16.3 Å². The van der Waals surface area contributed by atoms with E-state index in [0.717, 1.165) is 30.4 Å². The molecule has 0 spiro atoms. The molecule has 0 saturated carbocycles. The Morgan fingerprint density at radius 2 is 1.76 bits per heavy atom. The van der Waals surface area contributed by atoms with Crippen molar-refractivity contribution < 1.29 is 4.58 Å². The molecule has 0 aromatic heterocycles. The van der Waals surface area contributed by atoms with Crippen LogP contribution in [0.1, 0.15) is 11.1 Å². The summed E-state index contributed by atoms with van der Waals surface area (Å²) in [5.74, 6) is 0.963. The largest absolute Gasteiger partial charge is 0.307 e. The summed E-state index contributed by atoms with van der Waals surface area (Å²) >= 11 is 7.78. The second-order valence-corrected chi connectivity index (χ2v) is 6.45. The number of nitrogens with zero attached hydrogens (tertiary/aromatic N) is 1. The van der Waals surface area contributed by atoms with Gasteiger partial charge in [0, 0.05) is 10.8 Å². The van der Waals surface area contributed by atoms with Crippen LogP contribution in [0.25, 0.3) is 0 Å². The summed E-state index contributed by atoms with van der Waals surface area (Å²) in [6.45, 7) is 3.06. The van der Waals surface area contributed by atoms with Crippen LogP contribution in [0, 0.1) is 0 Å². The van der Waals surface area contributed by atoms with Gasteiger partial charge in [-0.2, -0.15) is 0 Å². The Hall–Kier alpha value is -1.45. The fourth-order valence-corrected chi connectivity index (χ4v) is 3.50. The Morgan fingerprint density at radius 1 is 1.00 bits per heavy atom. The topological polar surface area (TPSA) is 15.0 Å². The molecule has 4 heteroatoms. The van der Waals surface area contributed by atoms with Crippen LogP contribution in [-0.4, -0.2) is 22.8 Å². The van der Waals surface area contributed by atoms with Crippen molar-refractivity contribution in [2.24, 2.45) is 0 Å². The van der Waals surface area contributed by atoms with Gasteiger partial charge in [0.25, 0.3) is 0 Å². The normalized spacial score (nSPS) is 14.3. The van der Waals surface area contributed by atoms with Crippen LogP contribution in [0.5, 0.6) is 0 Å². The Kier molecular flexibility index (Phi) is 4.84. The van der Waals surface area contributed by atoms with E-state index >= 15 is 0 Å². The molecule has 1 heterocycles. The lowest BCUT2D eigenvalue weighted by molar-refractivity contribution is -0.531. The van der Waals surface area contributed by atoms with E-state index in [4.69, 9.17) is 11.6 Å². The molecule has 21 heavy (non-hydrogen) atoms. The first-order valence-electron chi connectivity index (χ1n) is 7.08. The first-order chi connectivity index (χ1) is 10.3. The van der Waals surface area contributed by atoms with Crippen LogP contribution in [0.15, 0.2) is 54.6 Å². The van der Waals surface area contributed by atoms with Crippen LogP contribution in [-0.2, 0) is 12.3 Å². The minimum Gasteiger partial charge on any atom is -0.265 e. The van der Waals surface area contributed by atoms with Crippen molar-refractivity contribution in [1.82, 2.24) is 5.32 Å². The SMILES string of the molecule is Clc1ccc(CSC2=[N+](Cc3ccccc3)CCN2)cc1.